The molecule has 0 saturated carbocycles. The minimum Gasteiger partial charge on any atom is -0.356 e. The highest BCUT2D eigenvalue weighted by molar-refractivity contribution is 9.09. The lowest BCUT2D eigenvalue weighted by molar-refractivity contribution is -0.121. The van der Waals surface area contributed by atoms with Crippen LogP contribution in [-0.2, 0) is 4.79 Å². The van der Waals surface area contributed by atoms with Gasteiger partial charge in [0.25, 0.3) is 0 Å². The van der Waals surface area contributed by atoms with Crippen LogP contribution in [0, 0.1) is 0 Å². The van der Waals surface area contributed by atoms with Gasteiger partial charge in [-0.25, -0.2) is 0 Å². The van der Waals surface area contributed by atoms with Gasteiger partial charge in [0.1, 0.15) is 0 Å². The number of nitrogens with one attached hydrogen (secondary N) is 1. The molecule has 1 fully saturated rings. The van der Waals surface area contributed by atoms with Gasteiger partial charge >= 0.3 is 0 Å². The van der Waals surface area contributed by atoms with Gasteiger partial charge in [0.05, 0.1) is 0 Å². The van der Waals surface area contributed by atoms with Crippen molar-refractivity contribution in [2.24, 2.45) is 0 Å². The molecule has 1 aliphatic heterocycles. The van der Waals surface area contributed by atoms with Gasteiger partial charge in [0, 0.05) is 17.8 Å². The van der Waals surface area contributed by atoms with E-state index in [4.69, 9.17) is 0 Å². The fourth-order valence-electron chi connectivity index (χ4n) is 1.98. The smallest absolute Gasteiger partial charge is 0.221 e. The van der Waals surface area contributed by atoms with Crippen LogP contribution >= 0.6 is 15.9 Å². The van der Waals surface area contributed by atoms with Crippen LogP contribution in [0.15, 0.2) is 0 Å². The predicted octanol–water partition coefficient (Wildman–Crippen LogP) is 3.39. The van der Waals surface area contributed by atoms with Crippen LogP contribution in [0.5, 0.6) is 0 Å². The highest BCUT2D eigenvalue weighted by atomic mass is 79.9. The van der Waals surface area contributed by atoms with E-state index in [1.807, 2.05) is 0 Å². The van der Waals surface area contributed by atoms with E-state index < -0.39 is 0 Å². The fourth-order valence-corrected chi connectivity index (χ4v) is 2.60. The third-order valence-electron chi connectivity index (χ3n) is 2.92. The zero-order chi connectivity index (χ0) is 10.9. The summed E-state index contributed by atoms with van der Waals surface area (Å²) in [6, 6.07) is 0. The minimum absolute atomic E-state index is 0.205. The van der Waals surface area contributed by atoms with E-state index in [9.17, 15) is 4.79 Å². The van der Waals surface area contributed by atoms with Crippen LogP contribution in [0.2, 0.25) is 0 Å². The third kappa shape index (κ3) is 6.93. The van der Waals surface area contributed by atoms with E-state index in [0.29, 0.717) is 11.2 Å². The SMILES string of the molecule is O=C1CC(Br)CCCCCCCCCN1. The van der Waals surface area contributed by atoms with Crippen molar-refractivity contribution in [3.63, 3.8) is 0 Å². The summed E-state index contributed by atoms with van der Waals surface area (Å²) in [6.07, 6.45) is 10.8. The van der Waals surface area contributed by atoms with Crippen LogP contribution in [0.25, 0.3) is 0 Å². The number of carbonyl (C=O) groups excluding carboxylic acids is 1. The lowest BCUT2D eigenvalue weighted by atomic mass is 10.1. The molecule has 0 radical (unpaired) electrons. The zero-order valence-corrected chi connectivity index (χ0v) is 11.0. The highest BCUT2D eigenvalue weighted by Gasteiger charge is 2.10. The summed E-state index contributed by atoms with van der Waals surface area (Å²) in [5.74, 6) is 0.205. The summed E-state index contributed by atoms with van der Waals surface area (Å²) in [5.41, 5.74) is 0. The first-order chi connectivity index (χ1) is 7.29. The predicted molar refractivity (Wildman–Crippen MR) is 67.3 cm³/mol. The van der Waals surface area contributed by atoms with E-state index in [1.165, 1.54) is 38.5 Å². The molecule has 1 saturated heterocycles. The van der Waals surface area contributed by atoms with E-state index in [-0.39, 0.29) is 5.91 Å². The zero-order valence-electron chi connectivity index (χ0n) is 9.43. The molecule has 1 aliphatic rings. The summed E-state index contributed by atoms with van der Waals surface area (Å²) in [6.45, 7) is 0.860. The van der Waals surface area contributed by atoms with Crippen molar-refractivity contribution >= 4 is 21.8 Å². The Morgan fingerprint density at radius 2 is 1.60 bits per heavy atom. The Kier molecular flexibility index (Phi) is 7.07. The third-order valence-corrected chi connectivity index (χ3v) is 3.70. The number of amides is 1. The maximum Gasteiger partial charge on any atom is 0.221 e. The molecular formula is C12H22BrNO. The molecule has 1 heterocycles. The first kappa shape index (κ1) is 13.0. The molecule has 15 heavy (non-hydrogen) atoms. The number of carbonyl (C=O) groups is 1. The molecule has 1 amide bonds. The molecule has 88 valence electrons. The Morgan fingerprint density at radius 1 is 1.00 bits per heavy atom. The van der Waals surface area contributed by atoms with Crippen LogP contribution in [0.4, 0.5) is 0 Å². The van der Waals surface area contributed by atoms with Crippen molar-refractivity contribution in [3.8, 4) is 0 Å². The van der Waals surface area contributed by atoms with Gasteiger partial charge in [-0.3, -0.25) is 4.79 Å². The summed E-state index contributed by atoms with van der Waals surface area (Å²) < 4.78 is 0. The van der Waals surface area contributed by atoms with Crippen LogP contribution < -0.4 is 5.32 Å². The van der Waals surface area contributed by atoms with Crippen molar-refractivity contribution in [2.75, 3.05) is 6.54 Å². The first-order valence-electron chi connectivity index (χ1n) is 6.20. The fraction of sp³-hybridized carbons (Fsp3) is 0.917. The van der Waals surface area contributed by atoms with Crippen LogP contribution in [-0.4, -0.2) is 17.3 Å². The average molecular weight is 276 g/mol. The highest BCUT2D eigenvalue weighted by Crippen LogP contribution is 2.16. The van der Waals surface area contributed by atoms with Gasteiger partial charge in [-0.2, -0.15) is 0 Å². The Hall–Kier alpha value is -0.0500. The summed E-state index contributed by atoms with van der Waals surface area (Å²) >= 11 is 3.58. The van der Waals surface area contributed by atoms with Gasteiger partial charge in [0.15, 0.2) is 0 Å². The molecule has 1 rings (SSSR count). The summed E-state index contributed by atoms with van der Waals surface area (Å²) in [5, 5.41) is 2.98. The second-order valence-electron chi connectivity index (χ2n) is 4.41. The van der Waals surface area contributed by atoms with Gasteiger partial charge in [-0.15, -0.1) is 0 Å². The number of hydrogen-bond donors (Lipinski definition) is 1. The minimum atomic E-state index is 0.205. The lowest BCUT2D eigenvalue weighted by Gasteiger charge is -2.09. The maximum atomic E-state index is 11.5. The van der Waals surface area contributed by atoms with Crippen molar-refractivity contribution in [1.29, 1.82) is 0 Å². The molecule has 1 unspecified atom stereocenters. The molecule has 0 aliphatic carbocycles. The van der Waals surface area contributed by atoms with Gasteiger partial charge in [-0.05, 0) is 12.8 Å². The quantitative estimate of drug-likeness (QED) is 0.675. The average Bonchev–Trinajstić information content (AvgIpc) is 2.21. The van der Waals surface area contributed by atoms with E-state index >= 15 is 0 Å². The molecule has 1 N–H and O–H groups in total. The Morgan fingerprint density at radius 3 is 2.33 bits per heavy atom. The molecule has 0 bridgehead atoms. The molecule has 0 aromatic rings. The molecular weight excluding hydrogens is 254 g/mol. The Bertz CT molecular complexity index is 184. The first-order valence-corrected chi connectivity index (χ1v) is 7.11. The van der Waals surface area contributed by atoms with Crippen molar-refractivity contribution in [3.05, 3.63) is 0 Å². The molecule has 2 nitrogen and oxygen atoms in total. The van der Waals surface area contributed by atoms with E-state index in [1.54, 1.807) is 0 Å². The van der Waals surface area contributed by atoms with Gasteiger partial charge in [-0.1, -0.05) is 54.5 Å². The molecule has 3 heteroatoms. The second-order valence-corrected chi connectivity index (χ2v) is 5.71. The summed E-state index contributed by atoms with van der Waals surface area (Å²) in [4.78, 5) is 11.8. The molecule has 0 aromatic carbocycles. The monoisotopic (exact) mass is 275 g/mol. The molecule has 0 aromatic heterocycles. The maximum absolute atomic E-state index is 11.5. The van der Waals surface area contributed by atoms with Gasteiger partial charge < -0.3 is 5.32 Å². The molecule has 1 atom stereocenters. The number of hydrogen-bond acceptors (Lipinski definition) is 1. The number of halogens is 1. The largest absolute Gasteiger partial charge is 0.356 e. The van der Waals surface area contributed by atoms with Crippen LogP contribution in [0.1, 0.15) is 57.8 Å². The number of alkyl halides is 1. The molecule has 0 spiro atoms. The van der Waals surface area contributed by atoms with Crippen molar-refractivity contribution in [1.82, 2.24) is 5.32 Å². The van der Waals surface area contributed by atoms with Crippen LogP contribution in [0.3, 0.4) is 0 Å². The van der Waals surface area contributed by atoms with Gasteiger partial charge in [0.2, 0.25) is 5.91 Å². The van der Waals surface area contributed by atoms with Crippen molar-refractivity contribution in [2.45, 2.75) is 62.6 Å². The summed E-state index contributed by atoms with van der Waals surface area (Å²) in [7, 11) is 0. The Labute approximate surface area is 101 Å². The van der Waals surface area contributed by atoms with E-state index in [2.05, 4.69) is 21.2 Å². The van der Waals surface area contributed by atoms with Crippen molar-refractivity contribution < 1.29 is 4.79 Å². The second kappa shape index (κ2) is 8.14. The normalized spacial score (nSPS) is 27.0. The number of rotatable bonds is 0. The van der Waals surface area contributed by atoms with E-state index in [0.717, 1.165) is 19.4 Å². The Balaban J connectivity index is 2.26. The standard InChI is InChI=1S/C12H22BrNO/c13-11-8-6-4-2-1-3-5-7-9-14-12(15)10-11/h11H,1-10H2,(H,14,15). The topological polar surface area (TPSA) is 29.1 Å². The lowest BCUT2D eigenvalue weighted by Crippen LogP contribution is -2.26.